The van der Waals surface area contributed by atoms with E-state index >= 15 is 0 Å². The monoisotopic (exact) mass is 667 g/mol. The summed E-state index contributed by atoms with van der Waals surface area (Å²) in [4.78, 5) is 56.5. The number of thioether (sulfide) groups is 1. The van der Waals surface area contributed by atoms with Crippen molar-refractivity contribution in [2.45, 2.75) is 116 Å². The number of thiophene rings is 1. The Balaban J connectivity index is 1.58. The molecule has 12 heteroatoms. The predicted octanol–water partition coefficient (Wildman–Crippen LogP) is 5.80. The van der Waals surface area contributed by atoms with Gasteiger partial charge < -0.3 is 24.0 Å². The lowest BCUT2D eigenvalue weighted by Gasteiger charge is -2.33. The fourth-order valence-corrected chi connectivity index (χ4v) is 7.81. The van der Waals surface area contributed by atoms with Crippen LogP contribution < -0.4 is 5.32 Å². The Morgan fingerprint density at radius 1 is 1.04 bits per heavy atom. The molecule has 0 radical (unpaired) electrons. The first-order valence-electron chi connectivity index (χ1n) is 16.2. The van der Waals surface area contributed by atoms with Crippen LogP contribution in [0.2, 0.25) is 0 Å². The molecule has 3 unspecified atom stereocenters. The number of unbranched alkanes of at least 4 members (excludes halogenated alkanes) is 1. The van der Waals surface area contributed by atoms with Gasteiger partial charge in [0.1, 0.15) is 23.8 Å². The number of carbonyl (C=O) groups is 4. The molecule has 2 fully saturated rings. The average molecular weight is 668 g/mol. The minimum absolute atomic E-state index is 0.0194. The van der Waals surface area contributed by atoms with E-state index < -0.39 is 29.3 Å². The Morgan fingerprint density at radius 2 is 1.73 bits per heavy atom. The van der Waals surface area contributed by atoms with Gasteiger partial charge in [-0.3, -0.25) is 19.7 Å². The van der Waals surface area contributed by atoms with Gasteiger partial charge in [0.25, 0.3) is 0 Å². The summed E-state index contributed by atoms with van der Waals surface area (Å²) in [6.45, 7) is 14.7. The Kier molecular flexibility index (Phi) is 14.0. The van der Waals surface area contributed by atoms with Crippen LogP contribution in [0.4, 0.5) is 4.79 Å². The van der Waals surface area contributed by atoms with Crippen LogP contribution in [0.25, 0.3) is 0 Å². The zero-order valence-corrected chi connectivity index (χ0v) is 29.7. The number of esters is 2. The van der Waals surface area contributed by atoms with Crippen LogP contribution in [-0.2, 0) is 28.6 Å². The van der Waals surface area contributed by atoms with Crippen molar-refractivity contribution in [3.63, 3.8) is 0 Å². The lowest BCUT2D eigenvalue weighted by atomic mass is 9.91. The van der Waals surface area contributed by atoms with Gasteiger partial charge in [-0.15, -0.1) is 23.1 Å². The third-order valence-electron chi connectivity index (χ3n) is 7.66. The number of likely N-dealkylation sites (tertiary alicyclic amines) is 1. The molecule has 10 nitrogen and oxygen atoms in total. The molecule has 2 amide bonds. The standard InChI is InChI=1S/C33H53N3O7S2/c1-8-41-30(39)24(13-10-9-12-23-15-17-35(18-16-23)31(40)43-33(5,6)7)34-25-22-45-27(26-14-11-19-44-26)20-36(29(25)38)21-28(37)42-32(2,3)4/h11,14,19,23-25,27,34H,8-10,12-13,15-18,20-22H2,1-7H3. The molecule has 3 atom stereocenters. The summed E-state index contributed by atoms with van der Waals surface area (Å²) in [7, 11) is 0. The summed E-state index contributed by atoms with van der Waals surface area (Å²) in [5.74, 6) is -0.0335. The highest BCUT2D eigenvalue weighted by Gasteiger charge is 2.37. The Bertz CT molecular complexity index is 1110. The van der Waals surface area contributed by atoms with E-state index in [1.165, 1.54) is 0 Å². The van der Waals surface area contributed by atoms with Crippen LogP contribution in [0.5, 0.6) is 0 Å². The number of ether oxygens (including phenoxy) is 3. The van der Waals surface area contributed by atoms with E-state index in [4.69, 9.17) is 14.2 Å². The van der Waals surface area contributed by atoms with Gasteiger partial charge in [0.2, 0.25) is 5.91 Å². The van der Waals surface area contributed by atoms with Crippen LogP contribution in [0, 0.1) is 5.92 Å². The number of hydrogen-bond donors (Lipinski definition) is 1. The van der Waals surface area contributed by atoms with Gasteiger partial charge in [0.05, 0.1) is 17.9 Å². The average Bonchev–Trinajstić information content (AvgIpc) is 3.43. The van der Waals surface area contributed by atoms with E-state index in [2.05, 4.69) is 11.4 Å². The summed E-state index contributed by atoms with van der Waals surface area (Å²) >= 11 is 3.29. The minimum Gasteiger partial charge on any atom is -0.465 e. The molecule has 1 aromatic heterocycles. The zero-order chi connectivity index (χ0) is 33.2. The maximum absolute atomic E-state index is 13.8. The Labute approximate surface area is 277 Å². The maximum Gasteiger partial charge on any atom is 0.410 e. The van der Waals surface area contributed by atoms with Crippen LogP contribution in [-0.4, -0.2) is 95.6 Å². The molecule has 0 spiro atoms. The molecular formula is C33H53N3O7S2. The highest BCUT2D eigenvalue weighted by atomic mass is 32.2. The molecule has 2 aliphatic heterocycles. The van der Waals surface area contributed by atoms with Gasteiger partial charge in [0, 0.05) is 30.3 Å². The molecule has 1 aromatic rings. The second kappa shape index (κ2) is 17.0. The van der Waals surface area contributed by atoms with Crippen molar-refractivity contribution in [3.05, 3.63) is 22.4 Å². The van der Waals surface area contributed by atoms with Crippen molar-refractivity contribution in [2.24, 2.45) is 5.92 Å². The summed E-state index contributed by atoms with van der Waals surface area (Å²) in [5.41, 5.74) is -1.16. The molecule has 1 N–H and O–H groups in total. The molecular weight excluding hydrogens is 615 g/mol. The number of hydrogen-bond acceptors (Lipinski definition) is 10. The van der Waals surface area contributed by atoms with Crippen molar-refractivity contribution in [2.75, 3.05) is 38.5 Å². The second-order valence-electron chi connectivity index (χ2n) is 13.9. The lowest BCUT2D eigenvalue weighted by Crippen LogP contribution is -2.54. The van der Waals surface area contributed by atoms with E-state index in [0.717, 1.165) is 37.0 Å². The molecule has 45 heavy (non-hydrogen) atoms. The van der Waals surface area contributed by atoms with E-state index in [1.54, 1.807) is 60.6 Å². The van der Waals surface area contributed by atoms with Crippen LogP contribution in [0.15, 0.2) is 17.5 Å². The van der Waals surface area contributed by atoms with Gasteiger partial charge in [-0.05, 0) is 85.1 Å². The molecule has 0 saturated carbocycles. The van der Waals surface area contributed by atoms with Crippen molar-refractivity contribution >= 4 is 47.0 Å². The number of rotatable bonds is 12. The minimum atomic E-state index is -0.657. The van der Waals surface area contributed by atoms with Gasteiger partial charge in [-0.25, -0.2) is 4.79 Å². The van der Waals surface area contributed by atoms with E-state index in [1.807, 2.05) is 32.2 Å². The molecule has 3 heterocycles. The maximum atomic E-state index is 13.8. The van der Waals surface area contributed by atoms with E-state index in [0.29, 0.717) is 37.7 Å². The molecule has 2 aliphatic rings. The second-order valence-corrected chi connectivity index (χ2v) is 16.1. The molecule has 0 aromatic carbocycles. The van der Waals surface area contributed by atoms with Gasteiger partial charge in [-0.2, -0.15) is 0 Å². The Morgan fingerprint density at radius 3 is 2.33 bits per heavy atom. The van der Waals surface area contributed by atoms with Crippen molar-refractivity contribution in [1.29, 1.82) is 0 Å². The summed E-state index contributed by atoms with van der Waals surface area (Å²) in [6, 6.07) is 2.77. The first-order chi connectivity index (χ1) is 21.1. The van der Waals surface area contributed by atoms with Gasteiger partial charge in [0.15, 0.2) is 0 Å². The molecule has 2 saturated heterocycles. The highest BCUT2D eigenvalue weighted by Crippen LogP contribution is 2.36. The zero-order valence-electron chi connectivity index (χ0n) is 28.1. The number of carbonyl (C=O) groups excluding carboxylic acids is 4. The van der Waals surface area contributed by atoms with Crippen molar-refractivity contribution in [3.8, 4) is 0 Å². The fraction of sp³-hybridized carbons (Fsp3) is 0.758. The SMILES string of the molecule is CCOC(=O)C(CCCCC1CCN(C(=O)OC(C)(C)C)CC1)NC1CSC(c2cccs2)CN(CC(=O)OC(C)(C)C)C1=O. The Hall–Kier alpha value is -2.31. The van der Waals surface area contributed by atoms with Crippen LogP contribution in [0.3, 0.4) is 0 Å². The first kappa shape index (κ1) is 37.2. The number of nitrogens with zero attached hydrogens (tertiary/aromatic N) is 2. The molecule has 0 bridgehead atoms. The quantitative estimate of drug-likeness (QED) is 0.168. The first-order valence-corrected chi connectivity index (χ1v) is 18.1. The molecule has 254 valence electrons. The third-order valence-corrected chi connectivity index (χ3v) is 10.1. The van der Waals surface area contributed by atoms with Crippen LogP contribution in [0.1, 0.15) is 97.1 Å². The van der Waals surface area contributed by atoms with Gasteiger partial charge in [-0.1, -0.05) is 25.3 Å². The van der Waals surface area contributed by atoms with Crippen molar-refractivity contribution in [1.82, 2.24) is 15.1 Å². The summed E-state index contributed by atoms with van der Waals surface area (Å²) in [6.07, 6.45) is 4.93. The normalized spacial score (nSPS) is 20.8. The predicted molar refractivity (Wildman–Crippen MR) is 178 cm³/mol. The topological polar surface area (TPSA) is 114 Å². The largest absolute Gasteiger partial charge is 0.465 e. The lowest BCUT2D eigenvalue weighted by molar-refractivity contribution is -0.159. The number of nitrogens with one attached hydrogen (secondary N) is 1. The summed E-state index contributed by atoms with van der Waals surface area (Å²) in [5, 5.41) is 5.36. The molecule has 0 aliphatic carbocycles. The number of piperidine rings is 1. The van der Waals surface area contributed by atoms with Crippen molar-refractivity contribution < 1.29 is 33.4 Å². The van der Waals surface area contributed by atoms with E-state index in [-0.39, 0.29) is 36.4 Å². The fourth-order valence-electron chi connectivity index (χ4n) is 5.55. The van der Waals surface area contributed by atoms with Crippen LogP contribution >= 0.6 is 23.1 Å². The highest BCUT2D eigenvalue weighted by molar-refractivity contribution is 7.99. The number of amides is 2. The third kappa shape index (κ3) is 12.8. The molecule has 3 rings (SSSR count). The van der Waals surface area contributed by atoms with Gasteiger partial charge >= 0.3 is 18.0 Å². The smallest absolute Gasteiger partial charge is 0.410 e. The summed E-state index contributed by atoms with van der Waals surface area (Å²) < 4.78 is 16.4. The van der Waals surface area contributed by atoms with E-state index in [9.17, 15) is 19.2 Å².